The van der Waals surface area contributed by atoms with Gasteiger partial charge in [0, 0.05) is 12.3 Å². The molecule has 0 radical (unpaired) electrons. The fourth-order valence-corrected chi connectivity index (χ4v) is 2.12. The standard InChI is InChI=1S/C10H17N3O2S/c1-7-6-9(8(2)13-12-7)10(11)4-5-16(3,14)15/h6,10H,4-5,11H2,1-3H3. The predicted octanol–water partition coefficient (Wildman–Crippen LogP) is 0.528. The van der Waals surface area contributed by atoms with Gasteiger partial charge in [0.05, 0.1) is 17.1 Å². The van der Waals surface area contributed by atoms with Crippen LogP contribution < -0.4 is 5.73 Å². The summed E-state index contributed by atoms with van der Waals surface area (Å²) in [6, 6.07) is 1.55. The van der Waals surface area contributed by atoms with Crippen molar-refractivity contribution in [3.8, 4) is 0 Å². The highest BCUT2D eigenvalue weighted by molar-refractivity contribution is 7.90. The zero-order chi connectivity index (χ0) is 12.3. The Morgan fingerprint density at radius 2 is 2.00 bits per heavy atom. The molecule has 0 aliphatic rings. The van der Waals surface area contributed by atoms with Crippen LogP contribution in [0.25, 0.3) is 0 Å². The van der Waals surface area contributed by atoms with Crippen LogP contribution in [0.3, 0.4) is 0 Å². The molecule has 1 aromatic heterocycles. The molecule has 0 bridgehead atoms. The molecule has 1 atom stereocenters. The van der Waals surface area contributed by atoms with E-state index in [0.29, 0.717) is 6.42 Å². The van der Waals surface area contributed by atoms with Gasteiger partial charge in [-0.25, -0.2) is 8.42 Å². The van der Waals surface area contributed by atoms with Crippen molar-refractivity contribution in [3.63, 3.8) is 0 Å². The van der Waals surface area contributed by atoms with Crippen molar-refractivity contribution in [3.05, 3.63) is 23.0 Å². The lowest BCUT2D eigenvalue weighted by molar-refractivity contribution is 0.590. The number of hydrogen-bond acceptors (Lipinski definition) is 5. The summed E-state index contributed by atoms with van der Waals surface area (Å²) >= 11 is 0. The Morgan fingerprint density at radius 1 is 1.38 bits per heavy atom. The first kappa shape index (κ1) is 13.1. The Hall–Kier alpha value is -1.01. The first-order chi connectivity index (χ1) is 7.29. The van der Waals surface area contributed by atoms with Gasteiger partial charge >= 0.3 is 0 Å². The zero-order valence-corrected chi connectivity index (χ0v) is 10.6. The van der Waals surface area contributed by atoms with Gasteiger partial charge in [0.15, 0.2) is 0 Å². The molecular weight excluding hydrogens is 226 g/mol. The van der Waals surface area contributed by atoms with E-state index in [0.717, 1.165) is 17.0 Å². The van der Waals surface area contributed by atoms with Crippen LogP contribution in [0.4, 0.5) is 0 Å². The molecule has 0 spiro atoms. The van der Waals surface area contributed by atoms with Gasteiger partial charge in [-0.3, -0.25) is 0 Å². The molecule has 1 heterocycles. The normalized spacial score (nSPS) is 13.8. The van der Waals surface area contributed by atoms with Gasteiger partial charge in [-0.2, -0.15) is 10.2 Å². The van der Waals surface area contributed by atoms with Crippen LogP contribution in [0.2, 0.25) is 0 Å². The molecule has 16 heavy (non-hydrogen) atoms. The average Bonchev–Trinajstić information content (AvgIpc) is 2.17. The van der Waals surface area contributed by atoms with Gasteiger partial charge in [0.25, 0.3) is 0 Å². The van der Waals surface area contributed by atoms with Gasteiger partial charge < -0.3 is 5.73 Å². The molecule has 5 nitrogen and oxygen atoms in total. The van der Waals surface area contributed by atoms with Crippen molar-refractivity contribution in [1.29, 1.82) is 0 Å². The summed E-state index contributed by atoms with van der Waals surface area (Å²) in [7, 11) is -2.97. The molecule has 1 aromatic rings. The Labute approximate surface area is 96.0 Å². The fourth-order valence-electron chi connectivity index (χ4n) is 1.44. The average molecular weight is 243 g/mol. The minimum atomic E-state index is -2.97. The van der Waals surface area contributed by atoms with Gasteiger partial charge in [-0.15, -0.1) is 0 Å². The predicted molar refractivity (Wildman–Crippen MR) is 62.8 cm³/mol. The molecule has 0 aliphatic heterocycles. The number of hydrogen-bond donors (Lipinski definition) is 1. The van der Waals surface area contributed by atoms with Crippen LogP contribution in [0, 0.1) is 13.8 Å². The second kappa shape index (κ2) is 4.88. The summed E-state index contributed by atoms with van der Waals surface area (Å²) in [4.78, 5) is 0. The van der Waals surface area contributed by atoms with Crippen molar-refractivity contribution in [2.75, 3.05) is 12.0 Å². The molecule has 2 N–H and O–H groups in total. The lowest BCUT2D eigenvalue weighted by Crippen LogP contribution is -2.17. The number of nitrogens with two attached hydrogens (primary N) is 1. The molecule has 0 fully saturated rings. The number of rotatable bonds is 4. The summed E-state index contributed by atoms with van der Waals surface area (Å²) in [6.45, 7) is 3.65. The molecule has 0 saturated heterocycles. The van der Waals surface area contributed by atoms with Gasteiger partial charge in [0.2, 0.25) is 0 Å². The van der Waals surface area contributed by atoms with Crippen LogP contribution in [0.1, 0.15) is 29.4 Å². The maximum Gasteiger partial charge on any atom is 0.147 e. The van der Waals surface area contributed by atoms with Gasteiger partial charge in [-0.05, 0) is 31.9 Å². The monoisotopic (exact) mass is 243 g/mol. The highest BCUT2D eigenvalue weighted by atomic mass is 32.2. The van der Waals surface area contributed by atoms with Crippen molar-refractivity contribution in [2.24, 2.45) is 5.73 Å². The lowest BCUT2D eigenvalue weighted by atomic mass is 10.0. The minimum Gasteiger partial charge on any atom is -0.324 e. The largest absolute Gasteiger partial charge is 0.324 e. The van der Waals surface area contributed by atoms with E-state index >= 15 is 0 Å². The van der Waals surface area contributed by atoms with E-state index in [2.05, 4.69) is 10.2 Å². The van der Waals surface area contributed by atoms with Crippen LogP contribution in [0.15, 0.2) is 6.07 Å². The Morgan fingerprint density at radius 3 is 2.56 bits per heavy atom. The Bertz CT molecular complexity index is 471. The summed E-state index contributed by atoms with van der Waals surface area (Å²) in [6.07, 6.45) is 1.62. The summed E-state index contributed by atoms with van der Waals surface area (Å²) in [5.41, 5.74) is 8.35. The third kappa shape index (κ3) is 3.86. The molecule has 6 heteroatoms. The van der Waals surface area contributed by atoms with Crippen LogP contribution in [-0.4, -0.2) is 30.6 Å². The van der Waals surface area contributed by atoms with Crippen molar-refractivity contribution < 1.29 is 8.42 Å². The van der Waals surface area contributed by atoms with Crippen molar-refractivity contribution in [2.45, 2.75) is 26.3 Å². The quantitative estimate of drug-likeness (QED) is 0.833. The molecule has 0 aromatic carbocycles. The van der Waals surface area contributed by atoms with Crippen LogP contribution in [0.5, 0.6) is 0 Å². The highest BCUT2D eigenvalue weighted by Gasteiger charge is 2.13. The first-order valence-corrected chi connectivity index (χ1v) is 7.10. The second-order valence-corrected chi connectivity index (χ2v) is 6.31. The zero-order valence-electron chi connectivity index (χ0n) is 9.77. The van der Waals surface area contributed by atoms with Crippen molar-refractivity contribution >= 4 is 9.84 Å². The molecule has 90 valence electrons. The first-order valence-electron chi connectivity index (χ1n) is 5.04. The maximum atomic E-state index is 11.0. The van der Waals surface area contributed by atoms with Gasteiger partial charge in [0.1, 0.15) is 9.84 Å². The van der Waals surface area contributed by atoms with Crippen LogP contribution >= 0.6 is 0 Å². The second-order valence-electron chi connectivity index (χ2n) is 4.05. The maximum absolute atomic E-state index is 11.0. The van der Waals surface area contributed by atoms with Crippen molar-refractivity contribution in [1.82, 2.24) is 10.2 Å². The van der Waals surface area contributed by atoms with Crippen LogP contribution in [-0.2, 0) is 9.84 Å². The fraction of sp³-hybridized carbons (Fsp3) is 0.600. The van der Waals surface area contributed by atoms with Gasteiger partial charge in [-0.1, -0.05) is 0 Å². The molecule has 0 saturated carbocycles. The SMILES string of the molecule is Cc1cc(C(N)CCS(C)(=O)=O)c(C)nn1. The number of nitrogens with zero attached hydrogens (tertiary/aromatic N) is 2. The van der Waals surface area contributed by atoms with E-state index in [1.807, 2.05) is 19.9 Å². The number of aromatic nitrogens is 2. The summed E-state index contributed by atoms with van der Waals surface area (Å²) in [5.74, 6) is 0.0922. The Kier molecular flexibility index (Phi) is 3.98. The van der Waals surface area contributed by atoms with E-state index in [9.17, 15) is 8.42 Å². The van der Waals surface area contributed by atoms with E-state index in [-0.39, 0.29) is 11.8 Å². The third-order valence-corrected chi connectivity index (χ3v) is 3.32. The van der Waals surface area contributed by atoms with E-state index in [1.165, 1.54) is 6.26 Å². The topological polar surface area (TPSA) is 85.9 Å². The summed E-state index contributed by atoms with van der Waals surface area (Å²) in [5, 5.41) is 7.87. The molecule has 1 unspecified atom stereocenters. The summed E-state index contributed by atoms with van der Waals surface area (Å²) < 4.78 is 22.1. The number of aryl methyl sites for hydroxylation is 2. The lowest BCUT2D eigenvalue weighted by Gasteiger charge is -2.13. The Balaban J connectivity index is 2.80. The molecule has 1 rings (SSSR count). The molecular formula is C10H17N3O2S. The number of sulfone groups is 1. The van der Waals surface area contributed by atoms with E-state index in [1.54, 1.807) is 0 Å². The molecule has 0 amide bonds. The van der Waals surface area contributed by atoms with E-state index in [4.69, 9.17) is 5.73 Å². The minimum absolute atomic E-state index is 0.0922. The van der Waals surface area contributed by atoms with E-state index < -0.39 is 9.84 Å². The third-order valence-electron chi connectivity index (χ3n) is 2.34. The highest BCUT2D eigenvalue weighted by Crippen LogP contribution is 2.17. The smallest absolute Gasteiger partial charge is 0.147 e. The molecule has 0 aliphatic carbocycles.